The van der Waals surface area contributed by atoms with Crippen molar-refractivity contribution < 1.29 is 22.8 Å². The monoisotopic (exact) mass is 381 g/mol. The summed E-state index contributed by atoms with van der Waals surface area (Å²) in [6.45, 7) is 1.61. The maximum atomic E-state index is 12.8. The fourth-order valence-electron chi connectivity index (χ4n) is 2.74. The Labute approximate surface area is 151 Å². The van der Waals surface area contributed by atoms with Gasteiger partial charge >= 0.3 is 11.5 Å². The number of carbonyl (C=O) groups excluding carboxylic acids is 2. The molecular formula is C17H14F3N3O2S. The highest BCUT2D eigenvalue weighted by Gasteiger charge is 2.48. The second-order valence-electron chi connectivity index (χ2n) is 5.98. The van der Waals surface area contributed by atoms with Crippen LogP contribution in [0.3, 0.4) is 0 Å². The van der Waals surface area contributed by atoms with Crippen molar-refractivity contribution in [2.75, 3.05) is 4.90 Å². The van der Waals surface area contributed by atoms with Gasteiger partial charge in [-0.2, -0.15) is 13.2 Å². The number of carbonyl (C=O) groups is 2. The smallest absolute Gasteiger partial charge is 0.323 e. The van der Waals surface area contributed by atoms with Gasteiger partial charge in [-0.15, -0.1) is 0 Å². The third-order valence-electron chi connectivity index (χ3n) is 3.90. The first-order valence-electron chi connectivity index (χ1n) is 7.59. The van der Waals surface area contributed by atoms with Crippen molar-refractivity contribution in [3.63, 3.8) is 0 Å². The van der Waals surface area contributed by atoms with Crippen molar-refractivity contribution in [3.8, 4) is 0 Å². The van der Waals surface area contributed by atoms with Gasteiger partial charge < -0.3 is 5.32 Å². The van der Waals surface area contributed by atoms with Crippen molar-refractivity contribution in [3.05, 3.63) is 54.4 Å². The van der Waals surface area contributed by atoms with Crippen LogP contribution in [0.15, 0.2) is 53.7 Å². The third kappa shape index (κ3) is 3.82. The van der Waals surface area contributed by atoms with Crippen LogP contribution in [-0.4, -0.2) is 28.0 Å². The number of hydrogen-bond donors (Lipinski definition) is 1. The van der Waals surface area contributed by atoms with E-state index in [1.165, 1.54) is 24.3 Å². The lowest BCUT2D eigenvalue weighted by molar-refractivity contribution is -0.121. The molecule has 1 fully saturated rings. The zero-order chi connectivity index (χ0) is 18.9. The molecule has 2 heterocycles. The SMILES string of the molecule is C[C@@]1(Cc2ccncc2)NC(=O)N(c2ccc(SC(F)(F)F)cc2)C1=O. The lowest BCUT2D eigenvalue weighted by Crippen LogP contribution is -2.46. The minimum atomic E-state index is -4.40. The largest absolute Gasteiger partial charge is 0.446 e. The fourth-order valence-corrected chi connectivity index (χ4v) is 3.28. The van der Waals surface area contributed by atoms with Crippen LogP contribution in [-0.2, 0) is 11.2 Å². The quantitative estimate of drug-likeness (QED) is 0.647. The summed E-state index contributed by atoms with van der Waals surface area (Å²) >= 11 is -0.255. The molecule has 0 saturated carbocycles. The van der Waals surface area contributed by atoms with E-state index in [0.717, 1.165) is 10.5 Å². The van der Waals surface area contributed by atoms with Crippen molar-refractivity contribution in [2.45, 2.75) is 29.3 Å². The lowest BCUT2D eigenvalue weighted by atomic mass is 9.93. The summed E-state index contributed by atoms with van der Waals surface area (Å²) in [5.41, 5.74) is -4.49. The van der Waals surface area contributed by atoms with E-state index in [1.807, 2.05) is 0 Å². The number of thioether (sulfide) groups is 1. The topological polar surface area (TPSA) is 62.3 Å². The number of benzene rings is 1. The van der Waals surface area contributed by atoms with Crippen LogP contribution in [0.2, 0.25) is 0 Å². The zero-order valence-corrected chi connectivity index (χ0v) is 14.4. The molecule has 1 aromatic heterocycles. The Hall–Kier alpha value is -2.55. The summed E-state index contributed by atoms with van der Waals surface area (Å²) in [7, 11) is 0. The number of anilines is 1. The van der Waals surface area contributed by atoms with Crippen molar-refractivity contribution in [2.24, 2.45) is 0 Å². The molecule has 1 saturated heterocycles. The molecule has 136 valence electrons. The number of pyridine rings is 1. The fraction of sp³-hybridized carbons (Fsp3) is 0.235. The Bertz CT molecular complexity index is 827. The summed E-state index contributed by atoms with van der Waals surface area (Å²) in [5, 5.41) is 2.66. The van der Waals surface area contributed by atoms with Gasteiger partial charge in [0.05, 0.1) is 5.69 Å². The molecule has 1 atom stereocenters. The van der Waals surface area contributed by atoms with Crippen LogP contribution in [0.4, 0.5) is 23.7 Å². The van der Waals surface area contributed by atoms with E-state index in [2.05, 4.69) is 10.3 Å². The van der Waals surface area contributed by atoms with Gasteiger partial charge in [-0.3, -0.25) is 9.78 Å². The number of alkyl halides is 3. The number of nitrogens with one attached hydrogen (secondary N) is 1. The van der Waals surface area contributed by atoms with E-state index in [0.29, 0.717) is 0 Å². The normalized spacial score (nSPS) is 20.4. The van der Waals surface area contributed by atoms with Gasteiger partial charge in [0.25, 0.3) is 5.91 Å². The highest BCUT2D eigenvalue weighted by atomic mass is 32.2. The van der Waals surface area contributed by atoms with Crippen LogP contribution in [0.5, 0.6) is 0 Å². The number of halogens is 3. The number of nitrogens with zero attached hydrogens (tertiary/aromatic N) is 2. The Kier molecular flexibility index (Phi) is 4.66. The zero-order valence-electron chi connectivity index (χ0n) is 13.6. The molecule has 9 heteroatoms. The second-order valence-corrected chi connectivity index (χ2v) is 7.12. The van der Waals surface area contributed by atoms with Crippen molar-refractivity contribution >= 4 is 29.4 Å². The third-order valence-corrected chi connectivity index (χ3v) is 4.64. The molecule has 0 unspecified atom stereocenters. The van der Waals surface area contributed by atoms with Gasteiger partial charge in [-0.05, 0) is 60.6 Å². The molecule has 0 radical (unpaired) electrons. The highest BCUT2D eigenvalue weighted by Crippen LogP contribution is 2.37. The minimum Gasteiger partial charge on any atom is -0.323 e. The Morgan fingerprint density at radius 1 is 1.12 bits per heavy atom. The molecule has 3 amide bonds. The summed E-state index contributed by atoms with van der Waals surface area (Å²) in [6, 6.07) is 7.99. The average Bonchev–Trinajstić information content (AvgIpc) is 2.77. The molecule has 0 spiro atoms. The maximum absolute atomic E-state index is 12.8. The predicted octanol–water partition coefficient (Wildman–Crippen LogP) is 3.75. The summed E-state index contributed by atoms with van der Waals surface area (Å²) in [5.74, 6) is -0.462. The highest BCUT2D eigenvalue weighted by molar-refractivity contribution is 8.00. The molecule has 0 bridgehead atoms. The molecule has 1 aliphatic rings. The van der Waals surface area contributed by atoms with E-state index in [4.69, 9.17) is 0 Å². The van der Waals surface area contributed by atoms with Gasteiger partial charge in [-0.25, -0.2) is 9.69 Å². The van der Waals surface area contributed by atoms with E-state index >= 15 is 0 Å². The maximum Gasteiger partial charge on any atom is 0.446 e. The molecule has 26 heavy (non-hydrogen) atoms. The first-order valence-corrected chi connectivity index (χ1v) is 8.41. The van der Waals surface area contributed by atoms with Crippen LogP contribution in [0, 0.1) is 0 Å². The van der Waals surface area contributed by atoms with E-state index in [9.17, 15) is 22.8 Å². The number of urea groups is 1. The molecule has 1 N–H and O–H groups in total. The predicted molar refractivity (Wildman–Crippen MR) is 90.7 cm³/mol. The van der Waals surface area contributed by atoms with Crippen LogP contribution in [0.25, 0.3) is 0 Å². The molecule has 1 aliphatic heterocycles. The van der Waals surface area contributed by atoms with E-state index in [-0.39, 0.29) is 28.8 Å². The molecule has 5 nitrogen and oxygen atoms in total. The number of hydrogen-bond acceptors (Lipinski definition) is 4. The summed E-state index contributed by atoms with van der Waals surface area (Å²) < 4.78 is 37.2. The Balaban J connectivity index is 1.80. The van der Waals surface area contributed by atoms with Crippen molar-refractivity contribution in [1.29, 1.82) is 0 Å². The lowest BCUT2D eigenvalue weighted by Gasteiger charge is -2.21. The van der Waals surface area contributed by atoms with Gasteiger partial charge in [-0.1, -0.05) is 0 Å². The first kappa shape index (κ1) is 18.2. The Morgan fingerprint density at radius 3 is 2.31 bits per heavy atom. The number of amides is 3. The van der Waals surface area contributed by atoms with Gasteiger partial charge in [0.15, 0.2) is 0 Å². The number of aromatic nitrogens is 1. The van der Waals surface area contributed by atoms with E-state index < -0.39 is 23.0 Å². The standard InChI is InChI=1S/C17H14F3N3O2S/c1-16(10-11-6-8-21-9-7-11)14(24)23(15(25)22-16)12-2-4-13(5-3-12)26-17(18,19)20/h2-9H,10H2,1H3,(H,22,25)/t16-/m0/s1. The number of rotatable bonds is 4. The molecule has 0 aliphatic carbocycles. The van der Waals surface area contributed by atoms with Gasteiger partial charge in [0.1, 0.15) is 5.54 Å². The molecule has 3 rings (SSSR count). The van der Waals surface area contributed by atoms with Gasteiger partial charge in [0, 0.05) is 23.7 Å². The van der Waals surface area contributed by atoms with Crippen molar-refractivity contribution in [1.82, 2.24) is 10.3 Å². The van der Waals surface area contributed by atoms with Crippen LogP contribution < -0.4 is 10.2 Å². The number of imide groups is 1. The van der Waals surface area contributed by atoms with Crippen LogP contribution in [0.1, 0.15) is 12.5 Å². The molecule has 1 aromatic carbocycles. The Morgan fingerprint density at radius 2 is 1.73 bits per heavy atom. The molecule has 2 aromatic rings. The summed E-state index contributed by atoms with van der Waals surface area (Å²) in [4.78, 5) is 29.9. The summed E-state index contributed by atoms with van der Waals surface area (Å²) in [6.07, 6.45) is 3.46. The average molecular weight is 381 g/mol. The first-order chi connectivity index (χ1) is 12.2. The van der Waals surface area contributed by atoms with Gasteiger partial charge in [0.2, 0.25) is 0 Å². The minimum absolute atomic E-state index is 0.0205. The van der Waals surface area contributed by atoms with E-state index in [1.54, 1.807) is 31.5 Å². The molecular weight excluding hydrogens is 367 g/mol. The second kappa shape index (κ2) is 6.64. The van der Waals surface area contributed by atoms with Crippen LogP contribution >= 0.6 is 11.8 Å².